The van der Waals surface area contributed by atoms with Crippen LogP contribution < -0.4 is 0 Å². The van der Waals surface area contributed by atoms with Crippen molar-refractivity contribution in [1.29, 1.82) is 0 Å². The number of allylic oxidation sites excluding steroid dienone is 4. The highest BCUT2D eigenvalue weighted by molar-refractivity contribution is 7.47. The third-order valence-corrected chi connectivity index (χ3v) is 10.4. The van der Waals surface area contributed by atoms with Crippen LogP contribution in [0.2, 0.25) is 0 Å². The predicted octanol–water partition coefficient (Wildman–Crippen LogP) is 13.5. The van der Waals surface area contributed by atoms with Gasteiger partial charge in [0, 0.05) is 20.0 Å². The van der Waals surface area contributed by atoms with Gasteiger partial charge in [0.2, 0.25) is 0 Å². The zero-order valence-corrected chi connectivity index (χ0v) is 34.9. The molecule has 0 aromatic carbocycles. The average molecular weight is 757 g/mol. The summed E-state index contributed by atoms with van der Waals surface area (Å²) < 4.78 is 31.9. The lowest BCUT2D eigenvalue weighted by Gasteiger charge is -2.19. The number of rotatable bonds is 40. The highest BCUT2D eigenvalue weighted by Gasteiger charge is 2.24. The van der Waals surface area contributed by atoms with E-state index in [1.807, 2.05) is 0 Å². The van der Waals surface area contributed by atoms with Gasteiger partial charge in [0.15, 0.2) is 6.10 Å². The fraction of sp³-hybridized carbons (Fsp3) is 0.860. The standard InChI is InChI=1S/C43H81O8P/c1-4-6-8-10-12-14-16-17-18-19-20-21-22-23-24-25-26-27-28-30-32-34-36-38-43(45)51-41(40-50-52(46,47)48-3)39-49-42(44)37-35-33-31-29-15-13-11-9-7-5-2/h16-17,19-20,41H,4-15,18,21-40H2,1-3H3,(H,46,47)/b17-16-,20-19-. The van der Waals surface area contributed by atoms with Gasteiger partial charge in [0.25, 0.3) is 0 Å². The molecule has 8 nitrogen and oxygen atoms in total. The largest absolute Gasteiger partial charge is 0.472 e. The number of unbranched alkanes of at least 4 members (excludes halogenated alkanes) is 25. The second kappa shape index (κ2) is 39.2. The van der Waals surface area contributed by atoms with E-state index in [0.29, 0.717) is 12.8 Å². The highest BCUT2D eigenvalue weighted by Crippen LogP contribution is 2.42. The molecule has 2 atom stereocenters. The van der Waals surface area contributed by atoms with Crippen molar-refractivity contribution in [2.45, 2.75) is 219 Å². The molecule has 0 bridgehead atoms. The first-order valence-electron chi connectivity index (χ1n) is 21.5. The van der Waals surface area contributed by atoms with Gasteiger partial charge in [-0.3, -0.25) is 18.6 Å². The van der Waals surface area contributed by atoms with Crippen LogP contribution >= 0.6 is 7.82 Å². The van der Waals surface area contributed by atoms with Gasteiger partial charge in [-0.25, -0.2) is 4.57 Å². The van der Waals surface area contributed by atoms with E-state index >= 15 is 0 Å². The number of carbonyl (C=O) groups excluding carboxylic acids is 2. The monoisotopic (exact) mass is 757 g/mol. The van der Waals surface area contributed by atoms with E-state index in [0.717, 1.165) is 45.6 Å². The summed E-state index contributed by atoms with van der Waals surface area (Å²) in [5.74, 6) is -0.801. The molecule has 0 saturated carbocycles. The Kier molecular flexibility index (Phi) is 38.1. The fourth-order valence-corrected chi connectivity index (χ4v) is 6.56. The summed E-state index contributed by atoms with van der Waals surface area (Å²) in [5, 5.41) is 0. The summed E-state index contributed by atoms with van der Waals surface area (Å²) in [4.78, 5) is 34.4. The first kappa shape index (κ1) is 50.5. The Morgan fingerprint density at radius 2 is 0.923 bits per heavy atom. The van der Waals surface area contributed by atoms with Crippen LogP contribution in [0.25, 0.3) is 0 Å². The molecule has 0 rings (SSSR count). The van der Waals surface area contributed by atoms with E-state index in [9.17, 15) is 19.0 Å². The number of hydrogen-bond donors (Lipinski definition) is 1. The summed E-state index contributed by atoms with van der Waals surface area (Å²) in [5.41, 5.74) is 0. The Labute approximate surface area is 320 Å². The Bertz CT molecular complexity index is 906. The number of carbonyl (C=O) groups is 2. The quantitative estimate of drug-likeness (QED) is 0.0285. The van der Waals surface area contributed by atoms with Crippen LogP contribution in [0.1, 0.15) is 213 Å². The number of esters is 2. The Morgan fingerprint density at radius 3 is 1.35 bits per heavy atom. The highest BCUT2D eigenvalue weighted by atomic mass is 31.2. The van der Waals surface area contributed by atoms with Crippen molar-refractivity contribution in [3.63, 3.8) is 0 Å². The maximum atomic E-state index is 12.5. The predicted molar refractivity (Wildman–Crippen MR) is 216 cm³/mol. The van der Waals surface area contributed by atoms with Crippen LogP contribution in [-0.2, 0) is 32.7 Å². The number of hydrogen-bond acceptors (Lipinski definition) is 7. The van der Waals surface area contributed by atoms with Crippen LogP contribution in [0, 0.1) is 0 Å². The molecule has 0 aliphatic heterocycles. The van der Waals surface area contributed by atoms with Crippen LogP contribution in [0.3, 0.4) is 0 Å². The van der Waals surface area contributed by atoms with Crippen molar-refractivity contribution in [3.8, 4) is 0 Å². The molecule has 1 N–H and O–H groups in total. The molecule has 0 fully saturated rings. The maximum Gasteiger partial charge on any atom is 0.472 e. The smallest absolute Gasteiger partial charge is 0.462 e. The van der Waals surface area contributed by atoms with E-state index in [4.69, 9.17) is 14.0 Å². The molecule has 0 amide bonds. The molecular formula is C43H81O8P. The van der Waals surface area contributed by atoms with E-state index in [-0.39, 0.29) is 19.0 Å². The normalized spacial score (nSPS) is 13.5. The Balaban J connectivity index is 3.90. The third-order valence-electron chi connectivity index (χ3n) is 9.45. The Hall–Kier alpha value is -1.47. The van der Waals surface area contributed by atoms with E-state index in [2.05, 4.69) is 42.7 Å². The van der Waals surface area contributed by atoms with Gasteiger partial charge in [-0.05, 0) is 44.9 Å². The molecule has 0 radical (unpaired) electrons. The molecule has 306 valence electrons. The summed E-state index contributed by atoms with van der Waals surface area (Å²) in [7, 11) is -3.19. The van der Waals surface area contributed by atoms with Crippen LogP contribution in [0.4, 0.5) is 0 Å². The fourth-order valence-electron chi connectivity index (χ4n) is 6.10. The van der Waals surface area contributed by atoms with Crippen molar-refractivity contribution in [2.75, 3.05) is 20.3 Å². The van der Waals surface area contributed by atoms with Gasteiger partial charge in [0.1, 0.15) is 6.61 Å². The van der Waals surface area contributed by atoms with Gasteiger partial charge < -0.3 is 14.4 Å². The van der Waals surface area contributed by atoms with Crippen molar-refractivity contribution in [3.05, 3.63) is 24.3 Å². The number of phosphoric acid groups is 1. The van der Waals surface area contributed by atoms with Gasteiger partial charge in [0.05, 0.1) is 6.61 Å². The molecule has 0 aliphatic carbocycles. The van der Waals surface area contributed by atoms with Crippen LogP contribution in [-0.4, -0.2) is 43.3 Å². The van der Waals surface area contributed by atoms with Gasteiger partial charge >= 0.3 is 19.8 Å². The minimum Gasteiger partial charge on any atom is -0.462 e. The lowest BCUT2D eigenvalue weighted by molar-refractivity contribution is -0.161. The lowest BCUT2D eigenvalue weighted by atomic mass is 10.0. The van der Waals surface area contributed by atoms with Crippen molar-refractivity contribution < 1.29 is 37.6 Å². The maximum absolute atomic E-state index is 12.5. The zero-order valence-electron chi connectivity index (χ0n) is 34.0. The minimum absolute atomic E-state index is 0.222. The third kappa shape index (κ3) is 38.3. The van der Waals surface area contributed by atoms with E-state index < -0.39 is 26.5 Å². The van der Waals surface area contributed by atoms with Gasteiger partial charge in [-0.1, -0.05) is 179 Å². The number of phosphoric ester groups is 1. The lowest BCUT2D eigenvalue weighted by Crippen LogP contribution is -2.29. The molecule has 0 saturated heterocycles. The second-order valence-corrected chi connectivity index (χ2v) is 16.0. The van der Waals surface area contributed by atoms with Gasteiger partial charge in [-0.2, -0.15) is 0 Å². The number of ether oxygens (including phenoxy) is 2. The second-order valence-electron chi connectivity index (χ2n) is 14.5. The summed E-state index contributed by atoms with van der Waals surface area (Å²) in [6.45, 7) is 3.87. The molecule has 52 heavy (non-hydrogen) atoms. The molecule has 0 aromatic heterocycles. The first-order valence-corrected chi connectivity index (χ1v) is 23.0. The van der Waals surface area contributed by atoms with Crippen LogP contribution in [0.5, 0.6) is 0 Å². The first-order chi connectivity index (χ1) is 25.3. The topological polar surface area (TPSA) is 108 Å². The average Bonchev–Trinajstić information content (AvgIpc) is 3.13. The minimum atomic E-state index is -4.25. The summed E-state index contributed by atoms with van der Waals surface area (Å²) >= 11 is 0. The molecule has 0 heterocycles. The van der Waals surface area contributed by atoms with E-state index in [1.165, 1.54) is 141 Å². The molecular weight excluding hydrogens is 675 g/mol. The molecule has 0 aliphatic rings. The summed E-state index contributed by atoms with van der Waals surface area (Å²) in [6, 6.07) is 0. The molecule has 2 unspecified atom stereocenters. The van der Waals surface area contributed by atoms with Crippen molar-refractivity contribution >= 4 is 19.8 Å². The van der Waals surface area contributed by atoms with Crippen molar-refractivity contribution in [2.24, 2.45) is 0 Å². The molecule has 0 aromatic rings. The zero-order chi connectivity index (χ0) is 38.2. The molecule has 9 heteroatoms. The van der Waals surface area contributed by atoms with Crippen molar-refractivity contribution in [1.82, 2.24) is 0 Å². The summed E-state index contributed by atoms with van der Waals surface area (Å²) in [6.07, 6.45) is 43.8. The van der Waals surface area contributed by atoms with Crippen LogP contribution in [0.15, 0.2) is 24.3 Å². The SMILES string of the molecule is CCCCCCC/C=C\C/C=C\CCCCCCCCCCCCCC(=O)OC(COC(=O)CCCCCCCCCCCC)COP(=O)(O)OC. The van der Waals surface area contributed by atoms with Gasteiger partial charge in [-0.15, -0.1) is 0 Å². The molecule has 0 spiro atoms. The Morgan fingerprint density at radius 1 is 0.538 bits per heavy atom. The van der Waals surface area contributed by atoms with E-state index in [1.54, 1.807) is 0 Å².